The predicted molar refractivity (Wildman–Crippen MR) is 103 cm³/mol. The van der Waals surface area contributed by atoms with Crippen molar-refractivity contribution in [2.75, 3.05) is 20.2 Å². The highest BCUT2D eigenvalue weighted by Crippen LogP contribution is 2.22. The fraction of sp³-hybridized carbons (Fsp3) is 0.421. The van der Waals surface area contributed by atoms with Crippen LogP contribution in [0.5, 0.6) is 5.75 Å². The molecule has 8 nitrogen and oxygen atoms in total. The molecule has 2 N–H and O–H groups in total. The van der Waals surface area contributed by atoms with Gasteiger partial charge < -0.3 is 18.9 Å². The van der Waals surface area contributed by atoms with Crippen molar-refractivity contribution in [3.63, 3.8) is 0 Å². The number of aromatic nitrogens is 1. The Morgan fingerprint density at radius 1 is 1.25 bits per heavy atom. The van der Waals surface area contributed by atoms with Gasteiger partial charge in [0, 0.05) is 31.9 Å². The minimum atomic E-state index is -3.84. The number of rotatable bonds is 6. The molecule has 1 fully saturated rings. The summed E-state index contributed by atoms with van der Waals surface area (Å²) in [5, 5.41) is 5.15. The van der Waals surface area contributed by atoms with Gasteiger partial charge in [-0.1, -0.05) is 18.2 Å². The van der Waals surface area contributed by atoms with Crippen molar-refractivity contribution in [3.05, 3.63) is 47.8 Å². The molecule has 0 spiro atoms. The number of primary sulfonamides is 1. The van der Waals surface area contributed by atoms with E-state index in [0.29, 0.717) is 38.2 Å². The Labute approximate surface area is 164 Å². The molecule has 28 heavy (non-hydrogen) atoms. The summed E-state index contributed by atoms with van der Waals surface area (Å²) in [5.41, 5.74) is 1.29. The lowest BCUT2D eigenvalue weighted by Crippen LogP contribution is -2.41. The second kappa shape index (κ2) is 8.34. The third kappa shape index (κ3) is 4.54. The van der Waals surface area contributed by atoms with Gasteiger partial charge in [-0.15, -0.1) is 0 Å². The van der Waals surface area contributed by atoms with Crippen LogP contribution in [0.15, 0.2) is 41.4 Å². The van der Waals surface area contributed by atoms with Gasteiger partial charge in [0.1, 0.15) is 16.3 Å². The minimum Gasteiger partial charge on any atom is -0.496 e. The average molecular weight is 407 g/mol. The molecule has 1 aromatic carbocycles. The highest BCUT2D eigenvalue weighted by Gasteiger charge is 2.27. The Balaban J connectivity index is 1.57. The molecule has 0 saturated carbocycles. The number of sulfonamides is 1. The van der Waals surface area contributed by atoms with Crippen molar-refractivity contribution < 1.29 is 22.7 Å². The summed E-state index contributed by atoms with van der Waals surface area (Å²) in [6, 6.07) is 9.04. The van der Waals surface area contributed by atoms with Gasteiger partial charge in [-0.25, -0.2) is 13.6 Å². The zero-order chi connectivity index (χ0) is 20.3. The molecule has 152 valence electrons. The maximum Gasteiger partial charge on any atom is 0.270 e. The van der Waals surface area contributed by atoms with Gasteiger partial charge in [-0.3, -0.25) is 4.79 Å². The number of aryl methyl sites for hydroxylation is 1. The quantitative estimate of drug-likeness (QED) is 0.782. The summed E-state index contributed by atoms with van der Waals surface area (Å²) in [6.45, 7) is 1.55. The highest BCUT2D eigenvalue weighted by atomic mass is 32.2. The number of benzene rings is 1. The topological polar surface area (TPSA) is 104 Å². The molecule has 9 heteroatoms. The smallest absolute Gasteiger partial charge is 0.270 e. The van der Waals surface area contributed by atoms with Crippen molar-refractivity contribution in [1.82, 2.24) is 9.47 Å². The number of para-hydroxylation sites is 1. The van der Waals surface area contributed by atoms with Crippen LogP contribution >= 0.6 is 0 Å². The van der Waals surface area contributed by atoms with E-state index in [2.05, 4.69) is 0 Å². The van der Waals surface area contributed by atoms with E-state index in [4.69, 9.17) is 14.6 Å². The molecule has 2 aromatic rings. The number of piperidine rings is 1. The van der Waals surface area contributed by atoms with E-state index in [-0.39, 0.29) is 16.9 Å². The Morgan fingerprint density at radius 3 is 2.54 bits per heavy atom. The van der Waals surface area contributed by atoms with Gasteiger partial charge in [-0.05, 0) is 25.0 Å². The molecular weight excluding hydrogens is 382 g/mol. The number of methoxy groups -OCH3 is 1. The van der Waals surface area contributed by atoms with Crippen LogP contribution in [0.3, 0.4) is 0 Å². The van der Waals surface area contributed by atoms with Crippen LogP contribution in [0, 0.1) is 0 Å². The van der Waals surface area contributed by atoms with Crippen molar-refractivity contribution in [1.29, 1.82) is 0 Å². The SMILES string of the molecule is COc1ccccc1COC1CCN(C(=O)c2cc(S(N)(=O)=O)cn2C)CC1. The van der Waals surface area contributed by atoms with Crippen LogP contribution in [0.2, 0.25) is 0 Å². The van der Waals surface area contributed by atoms with Gasteiger partial charge in [-0.2, -0.15) is 0 Å². The van der Waals surface area contributed by atoms with E-state index in [1.54, 1.807) is 19.1 Å². The van der Waals surface area contributed by atoms with E-state index in [1.807, 2.05) is 24.3 Å². The van der Waals surface area contributed by atoms with Gasteiger partial charge in [0.15, 0.2) is 0 Å². The normalized spacial score (nSPS) is 15.6. The molecule has 0 atom stereocenters. The Bertz CT molecular complexity index is 946. The number of likely N-dealkylation sites (tertiary alicyclic amines) is 1. The number of hydrogen-bond donors (Lipinski definition) is 1. The van der Waals surface area contributed by atoms with E-state index < -0.39 is 10.0 Å². The van der Waals surface area contributed by atoms with Crippen LogP contribution < -0.4 is 9.88 Å². The molecular formula is C19H25N3O5S. The monoisotopic (exact) mass is 407 g/mol. The number of ether oxygens (including phenoxy) is 2. The average Bonchev–Trinajstić information content (AvgIpc) is 3.08. The molecule has 0 unspecified atom stereocenters. The summed E-state index contributed by atoms with van der Waals surface area (Å²) in [7, 11) is -0.576. The number of nitrogens with zero attached hydrogens (tertiary/aromatic N) is 2. The first-order valence-corrected chi connectivity index (χ1v) is 10.6. The van der Waals surface area contributed by atoms with Crippen molar-refractivity contribution in [2.45, 2.75) is 30.4 Å². The van der Waals surface area contributed by atoms with E-state index in [0.717, 1.165) is 11.3 Å². The van der Waals surface area contributed by atoms with Crippen molar-refractivity contribution in [3.8, 4) is 5.75 Å². The number of nitrogens with two attached hydrogens (primary N) is 1. The molecule has 1 amide bonds. The molecule has 0 radical (unpaired) electrons. The summed E-state index contributed by atoms with van der Waals surface area (Å²) < 4.78 is 35.8. The predicted octanol–water partition coefficient (Wildman–Crippen LogP) is 1.50. The van der Waals surface area contributed by atoms with Crippen LogP contribution in [-0.2, 0) is 28.4 Å². The maximum absolute atomic E-state index is 12.7. The third-order valence-electron chi connectivity index (χ3n) is 4.92. The van der Waals surface area contributed by atoms with Gasteiger partial charge in [0.2, 0.25) is 10.0 Å². The molecule has 0 bridgehead atoms. The molecule has 0 aliphatic carbocycles. The molecule has 2 heterocycles. The Kier molecular flexibility index (Phi) is 6.07. The second-order valence-electron chi connectivity index (χ2n) is 6.83. The Hall–Kier alpha value is -2.36. The Morgan fingerprint density at radius 2 is 1.93 bits per heavy atom. The van der Waals surface area contributed by atoms with E-state index in [1.165, 1.54) is 16.8 Å². The largest absolute Gasteiger partial charge is 0.496 e. The fourth-order valence-electron chi connectivity index (χ4n) is 3.32. The molecule has 1 aromatic heterocycles. The van der Waals surface area contributed by atoms with E-state index >= 15 is 0 Å². The van der Waals surface area contributed by atoms with Crippen LogP contribution in [0.1, 0.15) is 28.9 Å². The molecule has 1 aliphatic rings. The zero-order valence-corrected chi connectivity index (χ0v) is 16.8. The van der Waals surface area contributed by atoms with Gasteiger partial charge in [0.25, 0.3) is 5.91 Å². The number of carbonyl (C=O) groups excluding carboxylic acids is 1. The molecule has 3 rings (SSSR count). The maximum atomic E-state index is 12.7. The highest BCUT2D eigenvalue weighted by molar-refractivity contribution is 7.89. The van der Waals surface area contributed by atoms with Gasteiger partial charge >= 0.3 is 0 Å². The third-order valence-corrected chi connectivity index (χ3v) is 5.80. The fourth-order valence-corrected chi connectivity index (χ4v) is 3.90. The summed E-state index contributed by atoms with van der Waals surface area (Å²) in [4.78, 5) is 14.4. The lowest BCUT2D eigenvalue weighted by Gasteiger charge is -2.32. The van der Waals surface area contributed by atoms with Crippen LogP contribution in [-0.4, -0.2) is 50.1 Å². The first-order chi connectivity index (χ1) is 13.3. The van der Waals surface area contributed by atoms with Crippen LogP contribution in [0.25, 0.3) is 0 Å². The zero-order valence-electron chi connectivity index (χ0n) is 16.0. The number of hydrogen-bond acceptors (Lipinski definition) is 5. The van der Waals surface area contributed by atoms with Crippen LogP contribution in [0.4, 0.5) is 0 Å². The second-order valence-corrected chi connectivity index (χ2v) is 8.39. The van der Waals surface area contributed by atoms with E-state index in [9.17, 15) is 13.2 Å². The lowest BCUT2D eigenvalue weighted by molar-refractivity contribution is -0.00116. The minimum absolute atomic E-state index is 0.0577. The number of amides is 1. The van der Waals surface area contributed by atoms with Crippen molar-refractivity contribution >= 4 is 15.9 Å². The first-order valence-electron chi connectivity index (χ1n) is 9.01. The standard InChI is InChI=1S/C19H25N3O5S/c1-21-12-16(28(20,24)25)11-17(21)19(23)22-9-7-15(8-10-22)27-13-14-5-3-4-6-18(14)26-2/h3-6,11-12,15H,7-10,13H2,1-2H3,(H2,20,24,25). The molecule has 1 saturated heterocycles. The number of carbonyl (C=O) groups is 1. The lowest BCUT2D eigenvalue weighted by atomic mass is 10.1. The van der Waals surface area contributed by atoms with Gasteiger partial charge in [0.05, 0.1) is 19.8 Å². The summed E-state index contributed by atoms with van der Waals surface area (Å²) in [6.07, 6.45) is 2.84. The van der Waals surface area contributed by atoms with Crippen molar-refractivity contribution in [2.24, 2.45) is 12.2 Å². The summed E-state index contributed by atoms with van der Waals surface area (Å²) >= 11 is 0. The summed E-state index contributed by atoms with van der Waals surface area (Å²) in [5.74, 6) is 0.588. The molecule has 1 aliphatic heterocycles. The first kappa shape index (κ1) is 20.4.